The van der Waals surface area contributed by atoms with E-state index in [1.54, 1.807) is 29.8 Å². The monoisotopic (exact) mass is 288 g/mol. The molecule has 0 saturated carbocycles. The van der Waals surface area contributed by atoms with Gasteiger partial charge in [-0.15, -0.1) is 0 Å². The van der Waals surface area contributed by atoms with E-state index in [0.29, 0.717) is 11.3 Å². The maximum Gasteiger partial charge on any atom is 0.293 e. The van der Waals surface area contributed by atoms with Crippen LogP contribution in [0.25, 0.3) is 0 Å². The summed E-state index contributed by atoms with van der Waals surface area (Å²) >= 11 is 0. The Hall–Kier alpha value is -2.76. The summed E-state index contributed by atoms with van der Waals surface area (Å²) in [7, 11) is 0. The van der Waals surface area contributed by atoms with Crippen molar-refractivity contribution >= 4 is 17.5 Å². The molecular weight excluding hydrogens is 273 g/mol. The van der Waals surface area contributed by atoms with Crippen LogP contribution in [0, 0.1) is 5.82 Å². The van der Waals surface area contributed by atoms with Gasteiger partial charge >= 0.3 is 0 Å². The lowest BCUT2D eigenvalue weighted by Crippen LogP contribution is -2.44. The minimum absolute atomic E-state index is 0.284. The van der Waals surface area contributed by atoms with Gasteiger partial charge in [0.05, 0.1) is 0 Å². The van der Waals surface area contributed by atoms with Gasteiger partial charge < -0.3 is 11.1 Å². The predicted octanol–water partition coefficient (Wildman–Crippen LogP) is 1.41. The topological polar surface area (TPSA) is 76.1 Å². The molecule has 5 nitrogen and oxygen atoms in total. The highest BCUT2D eigenvalue weighted by molar-refractivity contribution is 5.93. The number of anilines is 1. The zero-order valence-corrected chi connectivity index (χ0v) is 11.4. The molecule has 0 aliphatic rings. The highest BCUT2D eigenvalue weighted by atomic mass is 19.1. The molecule has 3 N–H and O–H groups in total. The maximum atomic E-state index is 12.8. The largest absolute Gasteiger partial charge is 0.365 e. The lowest BCUT2D eigenvalue weighted by Gasteiger charge is -2.09. The van der Waals surface area contributed by atoms with Crippen LogP contribution < -0.4 is 15.6 Å². The van der Waals surface area contributed by atoms with E-state index in [0.717, 1.165) is 0 Å². The molecule has 0 bridgehead atoms. The smallest absolute Gasteiger partial charge is 0.293 e. The molecule has 0 saturated heterocycles. The average Bonchev–Trinajstić information content (AvgIpc) is 2.49. The van der Waals surface area contributed by atoms with Crippen LogP contribution in [-0.4, -0.2) is 11.8 Å². The number of primary amides is 1. The Morgan fingerprint density at radius 1 is 1.24 bits per heavy atom. The van der Waals surface area contributed by atoms with Gasteiger partial charge in [-0.25, -0.2) is 4.39 Å². The van der Waals surface area contributed by atoms with Crippen molar-refractivity contribution in [3.63, 3.8) is 0 Å². The van der Waals surface area contributed by atoms with Gasteiger partial charge in [0.1, 0.15) is 11.4 Å². The number of nitrogens with two attached hydrogens (primary N) is 1. The lowest BCUT2D eigenvalue weighted by atomic mass is 10.2. The molecule has 0 spiro atoms. The molecule has 2 aromatic rings. The minimum Gasteiger partial charge on any atom is -0.365 e. The number of nitrogens with one attached hydrogen (secondary N) is 1. The third-order valence-electron chi connectivity index (χ3n) is 3.05. The number of hydrogen-bond donors (Lipinski definition) is 2. The van der Waals surface area contributed by atoms with Gasteiger partial charge in [0.15, 0.2) is 12.4 Å². The summed E-state index contributed by atoms with van der Waals surface area (Å²) < 4.78 is 14.4. The number of rotatable bonds is 4. The molecule has 2 rings (SSSR count). The fourth-order valence-corrected chi connectivity index (χ4v) is 1.79. The molecule has 0 fully saturated rings. The SMILES string of the molecule is C[C@H](C(=O)Nc1ccc(F)cc1)[n+]1cccc(C(N)=O)c1. The first-order chi connectivity index (χ1) is 9.97. The Morgan fingerprint density at radius 3 is 2.52 bits per heavy atom. The highest BCUT2D eigenvalue weighted by Gasteiger charge is 2.22. The van der Waals surface area contributed by atoms with Crippen molar-refractivity contribution in [3.05, 3.63) is 60.2 Å². The zero-order chi connectivity index (χ0) is 15.4. The van der Waals surface area contributed by atoms with E-state index in [2.05, 4.69) is 5.32 Å². The average molecular weight is 288 g/mol. The Morgan fingerprint density at radius 2 is 1.90 bits per heavy atom. The fraction of sp³-hybridized carbons (Fsp3) is 0.133. The standard InChI is InChI=1S/C15H14FN3O2/c1-10(19-8-2-3-11(9-19)14(17)20)15(21)18-13-6-4-12(16)5-7-13/h2-10H,1H3,(H2-,17,18,20,21)/p+1/t10-/m1/s1. The summed E-state index contributed by atoms with van der Waals surface area (Å²) in [5.41, 5.74) is 6.03. The summed E-state index contributed by atoms with van der Waals surface area (Å²) in [5, 5.41) is 2.67. The number of hydrogen-bond acceptors (Lipinski definition) is 2. The Bertz CT molecular complexity index is 671. The van der Waals surface area contributed by atoms with Gasteiger partial charge in [0.2, 0.25) is 6.04 Å². The van der Waals surface area contributed by atoms with Gasteiger partial charge in [0.25, 0.3) is 11.8 Å². The van der Waals surface area contributed by atoms with Crippen molar-refractivity contribution < 1.29 is 18.5 Å². The molecular formula is C15H15FN3O2+. The third-order valence-corrected chi connectivity index (χ3v) is 3.05. The Kier molecular flexibility index (Phi) is 4.27. The predicted molar refractivity (Wildman–Crippen MR) is 74.9 cm³/mol. The van der Waals surface area contributed by atoms with Crippen molar-refractivity contribution in [1.29, 1.82) is 0 Å². The molecule has 0 radical (unpaired) electrons. The van der Waals surface area contributed by atoms with E-state index in [-0.39, 0.29) is 11.7 Å². The number of nitrogens with zero attached hydrogens (tertiary/aromatic N) is 1. The number of carbonyl (C=O) groups is 2. The maximum absolute atomic E-state index is 12.8. The van der Waals surface area contributed by atoms with Crippen LogP contribution in [0.3, 0.4) is 0 Å². The molecule has 1 atom stereocenters. The molecule has 21 heavy (non-hydrogen) atoms. The number of benzene rings is 1. The molecule has 0 aliphatic carbocycles. The number of halogens is 1. The van der Waals surface area contributed by atoms with Crippen molar-refractivity contribution in [1.82, 2.24) is 0 Å². The summed E-state index contributed by atoms with van der Waals surface area (Å²) in [4.78, 5) is 23.3. The first-order valence-corrected chi connectivity index (χ1v) is 6.34. The van der Waals surface area contributed by atoms with Crippen LogP contribution in [0.2, 0.25) is 0 Å². The number of aromatic nitrogens is 1. The number of pyridine rings is 1. The van der Waals surface area contributed by atoms with Crippen LogP contribution in [0.5, 0.6) is 0 Å². The molecule has 0 unspecified atom stereocenters. The second-order valence-corrected chi connectivity index (χ2v) is 4.58. The van der Waals surface area contributed by atoms with Crippen LogP contribution in [0.1, 0.15) is 23.3 Å². The van der Waals surface area contributed by atoms with E-state index in [9.17, 15) is 14.0 Å². The number of amides is 2. The quantitative estimate of drug-likeness (QED) is 0.835. The van der Waals surface area contributed by atoms with Crippen LogP contribution in [0.4, 0.5) is 10.1 Å². The number of carbonyl (C=O) groups excluding carboxylic acids is 2. The van der Waals surface area contributed by atoms with E-state index in [1.807, 2.05) is 0 Å². The third kappa shape index (κ3) is 3.62. The van der Waals surface area contributed by atoms with E-state index < -0.39 is 11.9 Å². The fourth-order valence-electron chi connectivity index (χ4n) is 1.79. The zero-order valence-electron chi connectivity index (χ0n) is 11.4. The molecule has 108 valence electrons. The second-order valence-electron chi connectivity index (χ2n) is 4.58. The van der Waals surface area contributed by atoms with Crippen molar-refractivity contribution in [3.8, 4) is 0 Å². The minimum atomic E-state index is -0.560. The Balaban J connectivity index is 2.13. The van der Waals surface area contributed by atoms with Crippen LogP contribution in [-0.2, 0) is 4.79 Å². The summed E-state index contributed by atoms with van der Waals surface area (Å²) in [5.74, 6) is -1.21. The molecule has 1 aromatic heterocycles. The molecule has 6 heteroatoms. The first kappa shape index (κ1) is 14.6. The van der Waals surface area contributed by atoms with E-state index >= 15 is 0 Å². The van der Waals surface area contributed by atoms with Crippen LogP contribution >= 0.6 is 0 Å². The summed E-state index contributed by atoms with van der Waals surface area (Å²) in [6.07, 6.45) is 3.18. The lowest BCUT2D eigenvalue weighted by molar-refractivity contribution is -0.705. The normalized spacial score (nSPS) is 11.7. The molecule has 1 heterocycles. The molecule has 1 aromatic carbocycles. The summed E-state index contributed by atoms with van der Waals surface area (Å²) in [6, 6.07) is 8.15. The van der Waals surface area contributed by atoms with Gasteiger partial charge in [-0.05, 0) is 30.3 Å². The first-order valence-electron chi connectivity index (χ1n) is 6.34. The second kappa shape index (κ2) is 6.13. The molecule has 2 amide bonds. The van der Waals surface area contributed by atoms with Gasteiger partial charge in [0, 0.05) is 18.7 Å². The van der Waals surface area contributed by atoms with E-state index in [1.165, 1.54) is 30.5 Å². The van der Waals surface area contributed by atoms with Crippen LogP contribution in [0.15, 0.2) is 48.8 Å². The van der Waals surface area contributed by atoms with Gasteiger partial charge in [-0.3, -0.25) is 9.59 Å². The highest BCUT2D eigenvalue weighted by Crippen LogP contribution is 2.10. The molecule has 0 aliphatic heterocycles. The Labute approximate surface area is 121 Å². The van der Waals surface area contributed by atoms with Gasteiger partial charge in [-0.1, -0.05) is 0 Å². The van der Waals surface area contributed by atoms with Gasteiger partial charge in [-0.2, -0.15) is 4.57 Å². The van der Waals surface area contributed by atoms with Crippen molar-refractivity contribution in [2.24, 2.45) is 5.73 Å². The van der Waals surface area contributed by atoms with Crippen molar-refractivity contribution in [2.75, 3.05) is 5.32 Å². The summed E-state index contributed by atoms with van der Waals surface area (Å²) in [6.45, 7) is 1.68. The van der Waals surface area contributed by atoms with E-state index in [4.69, 9.17) is 5.73 Å². The van der Waals surface area contributed by atoms with Crippen molar-refractivity contribution in [2.45, 2.75) is 13.0 Å².